The van der Waals surface area contributed by atoms with Crippen LogP contribution in [-0.2, 0) is 14.3 Å². The van der Waals surface area contributed by atoms with Crippen molar-refractivity contribution >= 4 is 11.9 Å². The number of carbonyl (C=O) groups excluding carboxylic acids is 1. The third kappa shape index (κ3) is 6.23. The Bertz CT molecular complexity index is 266. The van der Waals surface area contributed by atoms with Gasteiger partial charge in [0.25, 0.3) is 0 Å². The fourth-order valence-corrected chi connectivity index (χ4v) is 1.25. The standard InChI is InChI=1S/C11H22N2O4/c1-8(13-11(2,3)10(15)16)9(14)12-6-5-7-17-4/h8,13H,5-7H2,1-4H3,(H,12,14)(H,15,16). The highest BCUT2D eigenvalue weighted by Crippen LogP contribution is 2.03. The minimum absolute atomic E-state index is 0.213. The van der Waals surface area contributed by atoms with E-state index in [9.17, 15) is 9.59 Å². The van der Waals surface area contributed by atoms with Crippen LogP contribution in [0.3, 0.4) is 0 Å². The van der Waals surface area contributed by atoms with Crippen LogP contribution >= 0.6 is 0 Å². The van der Waals surface area contributed by atoms with Crippen LogP contribution in [0.4, 0.5) is 0 Å². The first-order valence-electron chi connectivity index (χ1n) is 5.59. The number of aliphatic carboxylic acids is 1. The van der Waals surface area contributed by atoms with Gasteiger partial charge in [-0.05, 0) is 27.2 Å². The molecule has 0 rings (SSSR count). The zero-order valence-corrected chi connectivity index (χ0v) is 10.9. The van der Waals surface area contributed by atoms with Gasteiger partial charge >= 0.3 is 5.97 Å². The maximum Gasteiger partial charge on any atom is 0.323 e. The molecule has 0 radical (unpaired) electrons. The van der Waals surface area contributed by atoms with E-state index in [4.69, 9.17) is 9.84 Å². The van der Waals surface area contributed by atoms with Crippen molar-refractivity contribution in [3.05, 3.63) is 0 Å². The van der Waals surface area contributed by atoms with Gasteiger partial charge in [0.05, 0.1) is 6.04 Å². The summed E-state index contributed by atoms with van der Waals surface area (Å²) in [7, 11) is 1.60. The molecule has 0 saturated carbocycles. The maximum atomic E-state index is 11.6. The van der Waals surface area contributed by atoms with Crippen LogP contribution in [0.15, 0.2) is 0 Å². The van der Waals surface area contributed by atoms with Crippen LogP contribution in [0, 0.1) is 0 Å². The highest BCUT2D eigenvalue weighted by molar-refractivity contribution is 5.83. The lowest BCUT2D eigenvalue weighted by Gasteiger charge is -2.25. The average Bonchev–Trinajstić information content (AvgIpc) is 2.23. The van der Waals surface area contributed by atoms with E-state index in [1.165, 1.54) is 13.8 Å². The van der Waals surface area contributed by atoms with Crippen molar-refractivity contribution < 1.29 is 19.4 Å². The second-order valence-corrected chi connectivity index (χ2v) is 4.43. The van der Waals surface area contributed by atoms with Crippen molar-refractivity contribution in [2.75, 3.05) is 20.3 Å². The van der Waals surface area contributed by atoms with Gasteiger partial charge in [-0.15, -0.1) is 0 Å². The second kappa shape index (κ2) is 7.24. The predicted molar refractivity (Wildman–Crippen MR) is 63.8 cm³/mol. The van der Waals surface area contributed by atoms with E-state index in [-0.39, 0.29) is 5.91 Å². The van der Waals surface area contributed by atoms with E-state index in [2.05, 4.69) is 10.6 Å². The largest absolute Gasteiger partial charge is 0.480 e. The van der Waals surface area contributed by atoms with Crippen molar-refractivity contribution in [1.82, 2.24) is 10.6 Å². The molecule has 6 heteroatoms. The minimum atomic E-state index is -1.12. The number of ether oxygens (including phenoxy) is 1. The lowest BCUT2D eigenvalue weighted by molar-refractivity contribution is -0.144. The maximum absolute atomic E-state index is 11.6. The molecule has 3 N–H and O–H groups in total. The zero-order valence-electron chi connectivity index (χ0n) is 10.9. The van der Waals surface area contributed by atoms with Crippen molar-refractivity contribution in [2.45, 2.75) is 38.8 Å². The summed E-state index contributed by atoms with van der Waals surface area (Å²) in [4.78, 5) is 22.5. The molecule has 0 aromatic carbocycles. The summed E-state index contributed by atoms with van der Waals surface area (Å²) in [6.07, 6.45) is 0.733. The molecule has 1 unspecified atom stereocenters. The molecule has 100 valence electrons. The highest BCUT2D eigenvalue weighted by atomic mass is 16.5. The number of methoxy groups -OCH3 is 1. The van der Waals surface area contributed by atoms with Gasteiger partial charge in [-0.2, -0.15) is 0 Å². The Labute approximate surface area is 102 Å². The molecule has 0 aliphatic carbocycles. The first-order chi connectivity index (χ1) is 7.81. The van der Waals surface area contributed by atoms with E-state index >= 15 is 0 Å². The fourth-order valence-electron chi connectivity index (χ4n) is 1.25. The van der Waals surface area contributed by atoms with Gasteiger partial charge in [-0.3, -0.25) is 14.9 Å². The quantitative estimate of drug-likeness (QED) is 0.524. The number of amides is 1. The molecule has 0 aliphatic heterocycles. The molecule has 6 nitrogen and oxygen atoms in total. The number of carboxylic acids is 1. The van der Waals surface area contributed by atoms with E-state index in [0.717, 1.165) is 6.42 Å². The number of hydrogen-bond donors (Lipinski definition) is 3. The SMILES string of the molecule is COCCCNC(=O)C(C)NC(C)(C)C(=O)O. The van der Waals surface area contributed by atoms with Gasteiger partial charge in [0.15, 0.2) is 0 Å². The average molecular weight is 246 g/mol. The highest BCUT2D eigenvalue weighted by Gasteiger charge is 2.30. The van der Waals surface area contributed by atoms with E-state index in [1.807, 2.05) is 0 Å². The predicted octanol–water partition coefficient (Wildman–Crippen LogP) is -0.0196. The molecule has 1 amide bonds. The Kier molecular flexibility index (Phi) is 6.75. The molecule has 0 aromatic heterocycles. The van der Waals surface area contributed by atoms with Crippen molar-refractivity contribution in [1.29, 1.82) is 0 Å². The third-order valence-electron chi connectivity index (χ3n) is 2.33. The normalized spacial score (nSPS) is 13.2. The van der Waals surface area contributed by atoms with E-state index in [1.54, 1.807) is 14.0 Å². The van der Waals surface area contributed by atoms with Gasteiger partial charge in [-0.25, -0.2) is 0 Å². The van der Waals surface area contributed by atoms with Gasteiger partial charge in [0.1, 0.15) is 5.54 Å². The molecule has 0 bridgehead atoms. The summed E-state index contributed by atoms with van der Waals surface area (Å²) < 4.78 is 4.85. The number of rotatable bonds is 8. The van der Waals surface area contributed by atoms with Crippen molar-refractivity contribution in [3.63, 3.8) is 0 Å². The molecule has 0 aromatic rings. The first-order valence-corrected chi connectivity index (χ1v) is 5.59. The molecular formula is C11H22N2O4. The molecule has 17 heavy (non-hydrogen) atoms. The van der Waals surface area contributed by atoms with Gasteiger partial charge in [0, 0.05) is 20.3 Å². The van der Waals surface area contributed by atoms with Crippen LogP contribution in [0.1, 0.15) is 27.2 Å². The minimum Gasteiger partial charge on any atom is -0.480 e. The second-order valence-electron chi connectivity index (χ2n) is 4.43. The summed E-state index contributed by atoms with van der Waals surface area (Å²) in [6, 6.07) is -0.552. The Morgan fingerprint density at radius 2 is 2.00 bits per heavy atom. The van der Waals surface area contributed by atoms with Crippen LogP contribution in [0.2, 0.25) is 0 Å². The first kappa shape index (κ1) is 15.9. The lowest BCUT2D eigenvalue weighted by Crippen LogP contribution is -2.55. The zero-order chi connectivity index (χ0) is 13.5. The van der Waals surface area contributed by atoms with Crippen LogP contribution in [-0.4, -0.2) is 48.8 Å². The lowest BCUT2D eigenvalue weighted by atomic mass is 10.0. The summed E-state index contributed by atoms with van der Waals surface area (Å²) in [5.41, 5.74) is -1.12. The van der Waals surface area contributed by atoms with Crippen molar-refractivity contribution in [2.24, 2.45) is 0 Å². The van der Waals surface area contributed by atoms with Crippen LogP contribution in [0.5, 0.6) is 0 Å². The topological polar surface area (TPSA) is 87.7 Å². The van der Waals surface area contributed by atoms with E-state index < -0.39 is 17.6 Å². The number of carboxylic acid groups (broad SMARTS) is 1. The number of hydrogen-bond acceptors (Lipinski definition) is 4. The Morgan fingerprint density at radius 1 is 1.41 bits per heavy atom. The molecule has 0 aliphatic rings. The summed E-state index contributed by atoms with van der Waals surface area (Å²) in [6.45, 7) is 5.78. The Morgan fingerprint density at radius 3 is 2.47 bits per heavy atom. The summed E-state index contributed by atoms with van der Waals surface area (Å²) in [5.74, 6) is -1.20. The monoisotopic (exact) mass is 246 g/mol. The van der Waals surface area contributed by atoms with E-state index in [0.29, 0.717) is 13.2 Å². The smallest absolute Gasteiger partial charge is 0.323 e. The summed E-state index contributed by atoms with van der Waals surface area (Å²) >= 11 is 0. The van der Waals surface area contributed by atoms with Crippen LogP contribution < -0.4 is 10.6 Å². The van der Waals surface area contributed by atoms with Gasteiger partial charge < -0.3 is 15.2 Å². The summed E-state index contributed by atoms with van der Waals surface area (Å²) in [5, 5.41) is 14.4. The molecule has 1 atom stereocenters. The van der Waals surface area contributed by atoms with Crippen molar-refractivity contribution in [3.8, 4) is 0 Å². The molecule has 0 fully saturated rings. The molecule has 0 spiro atoms. The number of carbonyl (C=O) groups is 2. The third-order valence-corrected chi connectivity index (χ3v) is 2.33. The van der Waals surface area contributed by atoms with Gasteiger partial charge in [-0.1, -0.05) is 0 Å². The Hall–Kier alpha value is -1.14. The molecule has 0 heterocycles. The van der Waals surface area contributed by atoms with Gasteiger partial charge in [0.2, 0.25) is 5.91 Å². The molecular weight excluding hydrogens is 224 g/mol. The Balaban J connectivity index is 4.01. The fraction of sp³-hybridized carbons (Fsp3) is 0.818. The number of nitrogens with one attached hydrogen (secondary N) is 2. The molecule has 0 saturated heterocycles. The van der Waals surface area contributed by atoms with Crippen LogP contribution in [0.25, 0.3) is 0 Å².